The number of allylic oxidation sites excluding steroid dienone is 12. The minimum absolute atomic E-state index is 0.0478. The van der Waals surface area contributed by atoms with E-state index in [4.69, 9.17) is 14.2 Å². The monoisotopic (exact) mass is 949 g/mol. The minimum Gasteiger partial charge on any atom is -0.462 e. The van der Waals surface area contributed by atoms with Crippen LogP contribution in [0, 0.1) is 0 Å². The summed E-state index contributed by atoms with van der Waals surface area (Å²) in [5.74, 6) is -0.481. The Hall–Kier alpha value is -2.66. The molecule has 0 aliphatic heterocycles. The number of unbranched alkanes of at least 4 members (excludes halogenated alkanes) is 31. The summed E-state index contributed by atoms with van der Waals surface area (Å²) in [6, 6.07) is 0. The number of esters is 2. The van der Waals surface area contributed by atoms with Crippen molar-refractivity contribution in [1.82, 2.24) is 0 Å². The Bertz CT molecular complexity index is 1210. The first kappa shape index (κ1) is 65.3. The Balaban J connectivity index is 4.31. The van der Waals surface area contributed by atoms with E-state index in [2.05, 4.69) is 87.6 Å². The van der Waals surface area contributed by atoms with E-state index < -0.39 is 6.10 Å². The molecule has 0 saturated heterocycles. The van der Waals surface area contributed by atoms with Crippen LogP contribution in [0.15, 0.2) is 72.9 Å². The van der Waals surface area contributed by atoms with Gasteiger partial charge in [0.05, 0.1) is 6.61 Å². The van der Waals surface area contributed by atoms with Gasteiger partial charge in [0, 0.05) is 19.4 Å². The quantitative estimate of drug-likeness (QED) is 0.0345. The first-order valence-electron chi connectivity index (χ1n) is 29.5. The Morgan fingerprint density at radius 2 is 0.662 bits per heavy atom. The molecule has 0 rings (SSSR count). The Labute approximate surface area is 423 Å². The summed E-state index contributed by atoms with van der Waals surface area (Å²) in [4.78, 5) is 25.5. The molecular weight excluding hydrogens is 837 g/mol. The molecule has 0 fully saturated rings. The highest BCUT2D eigenvalue weighted by molar-refractivity contribution is 5.70. The lowest BCUT2D eigenvalue weighted by atomic mass is 10.0. The molecule has 5 heteroatoms. The van der Waals surface area contributed by atoms with Crippen LogP contribution < -0.4 is 0 Å². The van der Waals surface area contributed by atoms with Crippen molar-refractivity contribution in [3.05, 3.63) is 72.9 Å². The molecular formula is C63H112O5. The van der Waals surface area contributed by atoms with Crippen LogP contribution in [-0.2, 0) is 23.8 Å². The molecule has 0 saturated carbocycles. The molecule has 0 aromatic heterocycles. The van der Waals surface area contributed by atoms with Gasteiger partial charge in [-0.25, -0.2) is 0 Å². The van der Waals surface area contributed by atoms with Crippen molar-refractivity contribution < 1.29 is 23.8 Å². The van der Waals surface area contributed by atoms with E-state index in [0.717, 1.165) is 64.2 Å². The summed E-state index contributed by atoms with van der Waals surface area (Å²) in [7, 11) is 0. The third kappa shape index (κ3) is 55.9. The number of hydrogen-bond acceptors (Lipinski definition) is 5. The predicted molar refractivity (Wildman–Crippen MR) is 297 cm³/mol. The standard InChI is InChI=1S/C63H112O5/c1-4-7-10-13-16-19-22-25-27-29-31-33-35-37-40-43-46-49-52-55-58-66-59-61(68-63(65)57-54-51-48-45-42-38-24-21-18-15-12-9-6-3)60-67-62(64)56-53-50-47-44-41-39-36-34-32-30-28-26-23-20-17-14-11-8-5-2/h8,11,17,20,26,28,32,34,39,41,47,50,61H,4-7,9-10,12-16,18-19,21-25,27,29-31,33,35-38,40,42-46,48-49,51-60H2,1-3H3/b11-8-,20-17-,28-26-,34-32-,41-39-,50-47-. The van der Waals surface area contributed by atoms with Crippen LogP contribution in [0.4, 0.5) is 0 Å². The molecule has 0 spiro atoms. The van der Waals surface area contributed by atoms with Crippen molar-refractivity contribution in [2.24, 2.45) is 0 Å². The van der Waals surface area contributed by atoms with E-state index in [9.17, 15) is 9.59 Å². The second-order valence-electron chi connectivity index (χ2n) is 19.5. The second-order valence-corrected chi connectivity index (χ2v) is 19.5. The molecule has 0 aliphatic carbocycles. The van der Waals surface area contributed by atoms with Crippen molar-refractivity contribution in [2.75, 3.05) is 19.8 Å². The molecule has 0 N–H and O–H groups in total. The summed E-state index contributed by atoms with van der Waals surface area (Å²) < 4.78 is 17.4. The summed E-state index contributed by atoms with van der Waals surface area (Å²) in [6.45, 7) is 7.68. The SMILES string of the molecule is CC/C=C\C/C=C\C/C=C\C/C=C\C/C=C\C/C=C\CCC(=O)OCC(COCCCCCCCCCCCCCCCCCCCCCC)OC(=O)CCCCCCCCCCCCCCC. The molecule has 0 amide bonds. The van der Waals surface area contributed by atoms with Crippen LogP contribution in [0.3, 0.4) is 0 Å². The zero-order valence-corrected chi connectivity index (χ0v) is 45.4. The van der Waals surface area contributed by atoms with Crippen LogP contribution in [0.2, 0.25) is 0 Å². The van der Waals surface area contributed by atoms with Crippen molar-refractivity contribution >= 4 is 11.9 Å². The van der Waals surface area contributed by atoms with Gasteiger partial charge >= 0.3 is 11.9 Å². The molecule has 394 valence electrons. The van der Waals surface area contributed by atoms with Gasteiger partial charge < -0.3 is 14.2 Å². The van der Waals surface area contributed by atoms with Gasteiger partial charge in [0.15, 0.2) is 6.10 Å². The Morgan fingerprint density at radius 1 is 0.338 bits per heavy atom. The van der Waals surface area contributed by atoms with Crippen LogP contribution in [-0.4, -0.2) is 37.9 Å². The molecule has 1 unspecified atom stereocenters. The highest BCUT2D eigenvalue weighted by atomic mass is 16.6. The Morgan fingerprint density at radius 3 is 1.03 bits per heavy atom. The van der Waals surface area contributed by atoms with Crippen molar-refractivity contribution in [1.29, 1.82) is 0 Å². The number of hydrogen-bond donors (Lipinski definition) is 0. The van der Waals surface area contributed by atoms with Gasteiger partial charge in [-0.2, -0.15) is 0 Å². The van der Waals surface area contributed by atoms with Gasteiger partial charge in [0.2, 0.25) is 0 Å². The smallest absolute Gasteiger partial charge is 0.306 e. The average molecular weight is 950 g/mol. The maximum Gasteiger partial charge on any atom is 0.306 e. The highest BCUT2D eigenvalue weighted by Gasteiger charge is 2.17. The van der Waals surface area contributed by atoms with Crippen molar-refractivity contribution in [3.8, 4) is 0 Å². The van der Waals surface area contributed by atoms with Gasteiger partial charge in [-0.3, -0.25) is 9.59 Å². The van der Waals surface area contributed by atoms with Crippen LogP contribution in [0.25, 0.3) is 0 Å². The normalized spacial score (nSPS) is 12.7. The Kier molecular flexibility index (Phi) is 56.4. The summed E-state index contributed by atoms with van der Waals surface area (Å²) in [5, 5.41) is 0. The fourth-order valence-corrected chi connectivity index (χ4v) is 8.42. The lowest BCUT2D eigenvalue weighted by molar-refractivity contribution is -0.162. The van der Waals surface area contributed by atoms with E-state index in [0.29, 0.717) is 25.9 Å². The first-order valence-corrected chi connectivity index (χ1v) is 29.5. The lowest BCUT2D eigenvalue weighted by Gasteiger charge is -2.18. The zero-order valence-electron chi connectivity index (χ0n) is 45.4. The third-order valence-electron chi connectivity index (χ3n) is 12.8. The number of ether oxygens (including phenoxy) is 3. The molecule has 0 bridgehead atoms. The fourth-order valence-electron chi connectivity index (χ4n) is 8.42. The second kappa shape index (κ2) is 58.7. The number of rotatable bonds is 54. The molecule has 0 aromatic rings. The van der Waals surface area contributed by atoms with E-state index in [-0.39, 0.29) is 25.2 Å². The maximum absolute atomic E-state index is 12.8. The molecule has 1 atom stereocenters. The molecule has 0 radical (unpaired) electrons. The fraction of sp³-hybridized carbons (Fsp3) is 0.778. The van der Waals surface area contributed by atoms with Gasteiger partial charge in [-0.1, -0.05) is 293 Å². The summed E-state index contributed by atoms with van der Waals surface area (Å²) in [5.41, 5.74) is 0. The molecule has 0 aliphatic rings. The minimum atomic E-state index is -0.565. The number of carbonyl (C=O) groups excluding carboxylic acids is 2. The largest absolute Gasteiger partial charge is 0.462 e. The molecule has 68 heavy (non-hydrogen) atoms. The van der Waals surface area contributed by atoms with Crippen LogP contribution in [0.5, 0.6) is 0 Å². The summed E-state index contributed by atoms with van der Waals surface area (Å²) in [6.07, 6.45) is 76.6. The predicted octanol–water partition coefficient (Wildman–Crippen LogP) is 20.2. The molecule has 0 aromatic carbocycles. The zero-order chi connectivity index (χ0) is 49.2. The van der Waals surface area contributed by atoms with Crippen LogP contribution >= 0.6 is 0 Å². The van der Waals surface area contributed by atoms with Gasteiger partial charge in [0.25, 0.3) is 0 Å². The van der Waals surface area contributed by atoms with E-state index in [1.807, 2.05) is 6.08 Å². The highest BCUT2D eigenvalue weighted by Crippen LogP contribution is 2.16. The summed E-state index contributed by atoms with van der Waals surface area (Å²) >= 11 is 0. The van der Waals surface area contributed by atoms with Crippen molar-refractivity contribution in [3.63, 3.8) is 0 Å². The maximum atomic E-state index is 12.8. The van der Waals surface area contributed by atoms with Crippen LogP contribution in [0.1, 0.15) is 290 Å². The molecule has 0 heterocycles. The van der Waals surface area contributed by atoms with E-state index in [1.165, 1.54) is 186 Å². The number of carbonyl (C=O) groups is 2. The first-order chi connectivity index (χ1) is 33.6. The van der Waals surface area contributed by atoms with Gasteiger partial charge in [-0.15, -0.1) is 0 Å². The topological polar surface area (TPSA) is 61.8 Å². The van der Waals surface area contributed by atoms with Gasteiger partial charge in [0.1, 0.15) is 6.61 Å². The molecule has 5 nitrogen and oxygen atoms in total. The third-order valence-corrected chi connectivity index (χ3v) is 12.8. The van der Waals surface area contributed by atoms with Gasteiger partial charge in [-0.05, 0) is 57.8 Å². The lowest BCUT2D eigenvalue weighted by Crippen LogP contribution is -2.30. The van der Waals surface area contributed by atoms with Crippen molar-refractivity contribution in [2.45, 2.75) is 297 Å². The average Bonchev–Trinajstić information content (AvgIpc) is 3.34. The van der Waals surface area contributed by atoms with E-state index >= 15 is 0 Å². The van der Waals surface area contributed by atoms with E-state index in [1.54, 1.807) is 0 Å².